The highest BCUT2D eigenvalue weighted by Gasteiger charge is 2.32. The summed E-state index contributed by atoms with van der Waals surface area (Å²) in [5.74, 6) is -0.639. The molecule has 12 heteroatoms. The third kappa shape index (κ3) is 6.06. The van der Waals surface area contributed by atoms with E-state index in [1.54, 1.807) is 35.2 Å². The fraction of sp³-hybridized carbons (Fsp3) is 0.478. The van der Waals surface area contributed by atoms with Crippen molar-refractivity contribution in [1.82, 2.24) is 15.3 Å². The van der Waals surface area contributed by atoms with Crippen molar-refractivity contribution in [2.75, 3.05) is 42.4 Å². The molecule has 1 aromatic carbocycles. The normalized spacial score (nSPS) is 18.2. The van der Waals surface area contributed by atoms with E-state index in [4.69, 9.17) is 15.5 Å². The Labute approximate surface area is 204 Å². The van der Waals surface area contributed by atoms with E-state index in [9.17, 15) is 18.0 Å². The molecule has 0 radical (unpaired) electrons. The number of carbonyl (C=O) groups is 2. The topological polar surface area (TPSA) is 148 Å². The van der Waals surface area contributed by atoms with Crippen molar-refractivity contribution >= 4 is 33.3 Å². The number of nitrogens with two attached hydrogens (primary N) is 1. The molecule has 1 aliphatic carbocycles. The monoisotopic (exact) mass is 502 g/mol. The van der Waals surface area contributed by atoms with Crippen LogP contribution in [0.25, 0.3) is 11.4 Å². The maximum Gasteiger partial charge on any atom is 0.319 e. The maximum atomic E-state index is 12.6. The number of sulfone groups is 1. The van der Waals surface area contributed by atoms with Gasteiger partial charge in [-0.25, -0.2) is 23.2 Å². The van der Waals surface area contributed by atoms with Gasteiger partial charge in [0.1, 0.15) is 11.6 Å². The van der Waals surface area contributed by atoms with Gasteiger partial charge in [-0.15, -0.1) is 0 Å². The number of benzene rings is 1. The number of primary amides is 1. The van der Waals surface area contributed by atoms with E-state index in [2.05, 4.69) is 15.2 Å². The van der Waals surface area contributed by atoms with Crippen molar-refractivity contribution in [2.24, 2.45) is 5.73 Å². The number of carbonyl (C=O) groups excluding carboxylic acids is 2. The number of nitrogens with one attached hydrogen (secondary N) is 1. The summed E-state index contributed by atoms with van der Waals surface area (Å²) in [5, 5.41) is 2.34. The van der Waals surface area contributed by atoms with Crippen LogP contribution in [-0.2, 0) is 25.1 Å². The molecule has 2 heterocycles. The van der Waals surface area contributed by atoms with Crippen LogP contribution in [0.5, 0.6) is 0 Å². The van der Waals surface area contributed by atoms with Gasteiger partial charge in [0.15, 0.2) is 15.7 Å². The first-order valence-corrected chi connectivity index (χ1v) is 13.3. The first-order valence-electron chi connectivity index (χ1n) is 11.5. The van der Waals surface area contributed by atoms with E-state index in [0.29, 0.717) is 48.3 Å². The number of hydrogen-bond donors (Lipinski definition) is 2. The Kier molecular flexibility index (Phi) is 7.22. The minimum Gasteiger partial charge on any atom is -0.377 e. The van der Waals surface area contributed by atoms with Gasteiger partial charge in [0, 0.05) is 37.0 Å². The Bertz CT molecular complexity index is 1200. The Morgan fingerprint density at radius 2 is 1.94 bits per heavy atom. The molecule has 0 spiro atoms. The number of aromatic nitrogens is 2. The van der Waals surface area contributed by atoms with Gasteiger partial charge in [-0.05, 0) is 44.0 Å². The summed E-state index contributed by atoms with van der Waals surface area (Å²) < 4.78 is 30.8. The van der Waals surface area contributed by atoms with Crippen molar-refractivity contribution in [1.29, 1.82) is 0 Å². The number of hydrogen-bond acceptors (Lipinski definition) is 8. The van der Waals surface area contributed by atoms with Crippen LogP contribution in [0.15, 0.2) is 30.3 Å². The summed E-state index contributed by atoms with van der Waals surface area (Å²) in [6, 6.07) is 8.48. The fourth-order valence-corrected chi connectivity index (χ4v) is 5.32. The Morgan fingerprint density at radius 1 is 1.23 bits per heavy atom. The minimum atomic E-state index is -3.74. The molecule has 3 amide bonds. The highest BCUT2D eigenvalue weighted by Crippen LogP contribution is 2.32. The van der Waals surface area contributed by atoms with E-state index < -0.39 is 33.3 Å². The molecule has 1 saturated heterocycles. The highest BCUT2D eigenvalue weighted by molar-refractivity contribution is 7.91. The lowest BCUT2D eigenvalue weighted by atomic mass is 10.1. The predicted molar refractivity (Wildman–Crippen MR) is 132 cm³/mol. The Morgan fingerprint density at radius 3 is 2.54 bits per heavy atom. The lowest BCUT2D eigenvalue weighted by molar-refractivity contribution is -0.118. The van der Waals surface area contributed by atoms with E-state index in [0.717, 1.165) is 12.8 Å². The zero-order valence-corrected chi connectivity index (χ0v) is 20.6. The van der Waals surface area contributed by atoms with Crippen LogP contribution < -0.4 is 20.9 Å². The molecule has 11 nitrogen and oxygen atoms in total. The van der Waals surface area contributed by atoms with E-state index in [-0.39, 0.29) is 12.1 Å². The van der Waals surface area contributed by atoms with Crippen LogP contribution in [0.4, 0.5) is 16.3 Å². The summed E-state index contributed by atoms with van der Waals surface area (Å²) in [4.78, 5) is 36.4. The van der Waals surface area contributed by atoms with Gasteiger partial charge < -0.3 is 20.7 Å². The predicted octanol–water partition coefficient (Wildman–Crippen LogP) is 1.08. The molecule has 1 aromatic heterocycles. The Balaban J connectivity index is 1.68. The van der Waals surface area contributed by atoms with Crippen LogP contribution in [-0.4, -0.2) is 75.0 Å². The SMILES string of the molecule is CNC(=O)CS(=O)(=O)Cc1cc(N2CCOC[C@@H]2C)nc(-c2ccc(N(C(N)=O)C3CC3)cc2)n1. The molecular weight excluding hydrogens is 472 g/mol. The summed E-state index contributed by atoms with van der Waals surface area (Å²) in [5.41, 5.74) is 7.22. The van der Waals surface area contributed by atoms with E-state index in [1.165, 1.54) is 7.05 Å². The zero-order valence-electron chi connectivity index (χ0n) is 19.8. The van der Waals surface area contributed by atoms with Crippen molar-refractivity contribution in [3.05, 3.63) is 36.0 Å². The van der Waals surface area contributed by atoms with Crippen LogP contribution in [0.2, 0.25) is 0 Å². The number of anilines is 2. The molecule has 1 atom stereocenters. The average Bonchev–Trinajstić information content (AvgIpc) is 3.64. The lowest BCUT2D eigenvalue weighted by Gasteiger charge is -2.34. The number of morpholine rings is 1. The van der Waals surface area contributed by atoms with Gasteiger partial charge in [-0.1, -0.05) is 0 Å². The number of amides is 3. The molecule has 2 fully saturated rings. The van der Waals surface area contributed by atoms with Crippen molar-refractivity contribution in [2.45, 2.75) is 37.6 Å². The van der Waals surface area contributed by atoms with Crippen LogP contribution in [0.1, 0.15) is 25.5 Å². The number of urea groups is 1. The summed E-state index contributed by atoms with van der Waals surface area (Å²) in [6.45, 7) is 3.68. The van der Waals surface area contributed by atoms with Gasteiger partial charge in [0.05, 0.1) is 30.7 Å². The molecule has 3 N–H and O–H groups in total. The third-order valence-corrected chi connectivity index (χ3v) is 7.42. The van der Waals surface area contributed by atoms with E-state index in [1.807, 2.05) is 6.92 Å². The maximum absolute atomic E-state index is 12.6. The molecule has 2 aliphatic rings. The zero-order chi connectivity index (χ0) is 25.2. The minimum absolute atomic E-state index is 0.0480. The average molecular weight is 503 g/mol. The second-order valence-corrected chi connectivity index (χ2v) is 10.9. The highest BCUT2D eigenvalue weighted by atomic mass is 32.2. The van der Waals surface area contributed by atoms with E-state index >= 15 is 0 Å². The molecule has 1 aliphatic heterocycles. The van der Waals surface area contributed by atoms with Gasteiger partial charge in [0.2, 0.25) is 5.91 Å². The first-order chi connectivity index (χ1) is 16.7. The van der Waals surface area contributed by atoms with Crippen molar-refractivity contribution < 1.29 is 22.7 Å². The Hall–Kier alpha value is -3.25. The molecule has 188 valence electrons. The number of rotatable bonds is 8. The molecule has 1 saturated carbocycles. The van der Waals surface area contributed by atoms with Gasteiger partial charge >= 0.3 is 6.03 Å². The molecule has 2 aromatic rings. The molecule has 0 unspecified atom stereocenters. The standard InChI is InChI=1S/C23H30N6O5S/c1-15-12-34-10-9-28(15)20-11-17(13-35(32,33)14-21(30)25-2)26-22(27-20)16-3-5-18(6-4-16)29(23(24)31)19-7-8-19/h3-6,11,15,19H,7-10,12-14H2,1-2H3,(H2,24,31)(H,25,30)/t15-/m0/s1. The van der Waals surface area contributed by atoms with Crippen molar-refractivity contribution in [3.8, 4) is 11.4 Å². The summed E-state index contributed by atoms with van der Waals surface area (Å²) >= 11 is 0. The lowest BCUT2D eigenvalue weighted by Crippen LogP contribution is -2.44. The largest absolute Gasteiger partial charge is 0.377 e. The number of ether oxygens (including phenoxy) is 1. The second-order valence-electron chi connectivity index (χ2n) is 8.85. The third-order valence-electron chi connectivity index (χ3n) is 5.98. The summed E-state index contributed by atoms with van der Waals surface area (Å²) in [7, 11) is -2.35. The number of nitrogens with zero attached hydrogens (tertiary/aromatic N) is 4. The smallest absolute Gasteiger partial charge is 0.319 e. The molecule has 4 rings (SSSR count). The van der Waals surface area contributed by atoms with Crippen molar-refractivity contribution in [3.63, 3.8) is 0 Å². The fourth-order valence-electron chi connectivity index (χ4n) is 4.07. The van der Waals surface area contributed by atoms with Crippen LogP contribution in [0, 0.1) is 0 Å². The summed E-state index contributed by atoms with van der Waals surface area (Å²) in [6.07, 6.45) is 1.84. The molecule has 0 bridgehead atoms. The first kappa shape index (κ1) is 24.9. The molecule has 35 heavy (non-hydrogen) atoms. The van der Waals surface area contributed by atoms with Crippen LogP contribution >= 0.6 is 0 Å². The van der Waals surface area contributed by atoms with Gasteiger partial charge in [0.25, 0.3) is 0 Å². The molecular formula is C23H30N6O5S. The van der Waals surface area contributed by atoms with Crippen LogP contribution in [0.3, 0.4) is 0 Å². The van der Waals surface area contributed by atoms with Gasteiger partial charge in [-0.3, -0.25) is 9.69 Å². The quantitative estimate of drug-likeness (QED) is 0.545. The van der Waals surface area contributed by atoms with Gasteiger partial charge in [-0.2, -0.15) is 0 Å². The second kappa shape index (κ2) is 10.2.